The van der Waals surface area contributed by atoms with Crippen LogP contribution in [0.1, 0.15) is 12.5 Å². The average Bonchev–Trinajstić information content (AvgIpc) is 3.05. The van der Waals surface area contributed by atoms with Crippen molar-refractivity contribution in [2.45, 2.75) is 25.9 Å². The van der Waals surface area contributed by atoms with E-state index in [0.29, 0.717) is 0 Å². The Bertz CT molecular complexity index is 1170. The summed E-state index contributed by atoms with van der Waals surface area (Å²) in [5.41, 5.74) is 4.09. The highest BCUT2D eigenvalue weighted by Gasteiger charge is 2.45. The van der Waals surface area contributed by atoms with E-state index < -0.39 is 0 Å². The highest BCUT2D eigenvalue weighted by molar-refractivity contribution is 6.00. The van der Waals surface area contributed by atoms with Crippen LogP contribution >= 0.6 is 0 Å². The lowest BCUT2D eigenvalue weighted by Crippen LogP contribution is -2.54. The number of piperazine rings is 1. The predicted octanol–water partition coefficient (Wildman–Crippen LogP) is 3.17. The lowest BCUT2D eigenvalue weighted by molar-refractivity contribution is 0.288. The third-order valence-corrected chi connectivity index (χ3v) is 6.14. The molecule has 2 aromatic carbocycles. The smallest absolute Gasteiger partial charge is 0.217 e. The first-order valence-electron chi connectivity index (χ1n) is 10.2. The fourth-order valence-corrected chi connectivity index (χ4v) is 4.60. The Morgan fingerprint density at radius 2 is 1.83 bits per heavy atom. The van der Waals surface area contributed by atoms with Crippen LogP contribution in [0.15, 0.2) is 59.7 Å². The molecule has 2 fully saturated rings. The van der Waals surface area contributed by atoms with E-state index in [4.69, 9.17) is 4.98 Å². The number of hydrogen-bond donors (Lipinski definition) is 0. The second-order valence-corrected chi connectivity index (χ2v) is 7.83. The fraction of sp³-hybridized carbons (Fsp3) is 0.304. The maximum absolute atomic E-state index is 9.35. The Morgan fingerprint density at radius 1 is 1.07 bits per heavy atom. The quantitative estimate of drug-likeness (QED) is 0.619. The number of rotatable bonds is 2. The summed E-state index contributed by atoms with van der Waals surface area (Å²) in [6.45, 7) is 6.70. The van der Waals surface area contributed by atoms with Crippen molar-refractivity contribution in [3.8, 4) is 6.19 Å². The van der Waals surface area contributed by atoms with E-state index in [1.165, 1.54) is 5.56 Å². The standard InChI is InChI=1S/C23H23N7/c1-16-7-3-6-10-20(16)30-17(2)21-14-28(11-12-29(21)23(30)26-15-24)22-13-25-18-8-4-5-9-19(18)27-22/h3-10,13,17,21H,11-12,14H2,1-2H3/t17?,21-/m0/s1. The largest absolute Gasteiger partial charge is 0.351 e. The Balaban J connectivity index is 1.48. The molecule has 1 unspecified atom stereocenters. The molecule has 0 radical (unpaired) electrons. The molecule has 7 heteroatoms. The van der Waals surface area contributed by atoms with Gasteiger partial charge in [0.05, 0.1) is 29.3 Å². The van der Waals surface area contributed by atoms with Gasteiger partial charge in [0.15, 0.2) is 0 Å². The number of nitrogens with zero attached hydrogens (tertiary/aromatic N) is 7. The monoisotopic (exact) mass is 397 g/mol. The average molecular weight is 397 g/mol. The molecule has 2 atom stereocenters. The molecule has 2 aliphatic rings. The first-order valence-corrected chi connectivity index (χ1v) is 10.2. The van der Waals surface area contributed by atoms with Crippen LogP contribution in [0, 0.1) is 18.4 Å². The van der Waals surface area contributed by atoms with Gasteiger partial charge in [-0.2, -0.15) is 5.26 Å². The Hall–Kier alpha value is -3.66. The van der Waals surface area contributed by atoms with E-state index in [1.54, 1.807) is 0 Å². The van der Waals surface area contributed by atoms with E-state index in [2.05, 4.69) is 50.7 Å². The maximum atomic E-state index is 9.35. The van der Waals surface area contributed by atoms with Gasteiger partial charge in [0.2, 0.25) is 12.2 Å². The zero-order valence-corrected chi connectivity index (χ0v) is 17.1. The molecule has 3 aromatic rings. The molecule has 1 aromatic heterocycles. The van der Waals surface area contributed by atoms with E-state index in [9.17, 15) is 5.26 Å². The van der Waals surface area contributed by atoms with Crippen LogP contribution in [0.25, 0.3) is 11.0 Å². The van der Waals surface area contributed by atoms with Crippen molar-refractivity contribution in [1.82, 2.24) is 14.9 Å². The maximum Gasteiger partial charge on any atom is 0.217 e. The van der Waals surface area contributed by atoms with Gasteiger partial charge in [0.25, 0.3) is 0 Å². The number of anilines is 2. The van der Waals surface area contributed by atoms with Crippen molar-refractivity contribution in [3.05, 3.63) is 60.3 Å². The van der Waals surface area contributed by atoms with Crippen LogP contribution in [0.4, 0.5) is 11.5 Å². The molecule has 2 saturated heterocycles. The third kappa shape index (κ3) is 2.92. The second-order valence-electron chi connectivity index (χ2n) is 7.83. The topological polar surface area (TPSA) is 71.7 Å². The molecule has 5 rings (SSSR count). The van der Waals surface area contributed by atoms with Gasteiger partial charge >= 0.3 is 0 Å². The summed E-state index contributed by atoms with van der Waals surface area (Å²) in [6.07, 6.45) is 3.88. The summed E-state index contributed by atoms with van der Waals surface area (Å²) >= 11 is 0. The number of para-hydroxylation sites is 3. The summed E-state index contributed by atoms with van der Waals surface area (Å²) in [7, 11) is 0. The van der Waals surface area contributed by atoms with Crippen LogP contribution in [0.2, 0.25) is 0 Å². The highest BCUT2D eigenvalue weighted by Crippen LogP contribution is 2.34. The summed E-state index contributed by atoms with van der Waals surface area (Å²) in [6, 6.07) is 16.6. The van der Waals surface area contributed by atoms with Gasteiger partial charge in [-0.3, -0.25) is 4.98 Å². The minimum Gasteiger partial charge on any atom is -0.351 e. The zero-order valence-electron chi connectivity index (χ0n) is 17.1. The number of aliphatic imine (C=N–C) groups is 1. The van der Waals surface area contributed by atoms with Crippen molar-refractivity contribution >= 4 is 28.5 Å². The molecule has 7 nitrogen and oxygen atoms in total. The lowest BCUT2D eigenvalue weighted by Gasteiger charge is -2.38. The lowest BCUT2D eigenvalue weighted by atomic mass is 10.1. The van der Waals surface area contributed by atoms with Crippen molar-refractivity contribution in [2.24, 2.45) is 4.99 Å². The molecule has 0 bridgehead atoms. The SMILES string of the molecule is Cc1ccccc1N1C(=NC#N)N2CCN(c3cnc4ccccc4n3)C[C@H]2C1C. The fourth-order valence-electron chi connectivity index (χ4n) is 4.60. The zero-order chi connectivity index (χ0) is 20.7. The van der Waals surface area contributed by atoms with Crippen molar-refractivity contribution in [3.63, 3.8) is 0 Å². The Labute approximate surface area is 175 Å². The van der Waals surface area contributed by atoms with E-state index in [0.717, 1.165) is 48.1 Å². The van der Waals surface area contributed by atoms with Gasteiger partial charge in [-0.25, -0.2) is 4.98 Å². The number of guanidine groups is 1. The second kappa shape index (κ2) is 7.30. The van der Waals surface area contributed by atoms with Crippen LogP contribution in [0.3, 0.4) is 0 Å². The predicted molar refractivity (Wildman–Crippen MR) is 118 cm³/mol. The molecular formula is C23H23N7. The van der Waals surface area contributed by atoms with E-state index in [1.807, 2.05) is 48.8 Å². The minimum absolute atomic E-state index is 0.175. The van der Waals surface area contributed by atoms with Crippen LogP contribution in [0.5, 0.6) is 0 Å². The van der Waals surface area contributed by atoms with Crippen molar-refractivity contribution in [2.75, 3.05) is 29.4 Å². The van der Waals surface area contributed by atoms with Crippen LogP contribution in [-0.2, 0) is 0 Å². The van der Waals surface area contributed by atoms with Crippen molar-refractivity contribution < 1.29 is 0 Å². The normalized spacial score (nSPS) is 22.4. The van der Waals surface area contributed by atoms with Crippen LogP contribution in [-0.4, -0.2) is 52.5 Å². The van der Waals surface area contributed by atoms with Gasteiger partial charge in [-0.15, -0.1) is 4.99 Å². The number of fused-ring (bicyclic) bond motifs is 2. The van der Waals surface area contributed by atoms with Gasteiger partial charge in [-0.05, 0) is 37.6 Å². The van der Waals surface area contributed by atoms with Gasteiger partial charge in [0, 0.05) is 25.3 Å². The molecule has 150 valence electrons. The first kappa shape index (κ1) is 18.4. The molecule has 0 spiro atoms. The molecule has 0 aliphatic carbocycles. The van der Waals surface area contributed by atoms with Gasteiger partial charge < -0.3 is 14.7 Å². The summed E-state index contributed by atoms with van der Waals surface area (Å²) in [5, 5.41) is 9.35. The number of hydrogen-bond acceptors (Lipinski definition) is 5. The Kier molecular flexibility index (Phi) is 4.47. The van der Waals surface area contributed by atoms with Gasteiger partial charge in [-0.1, -0.05) is 30.3 Å². The molecular weight excluding hydrogens is 374 g/mol. The number of aryl methyl sites for hydroxylation is 1. The number of nitriles is 1. The molecule has 0 saturated carbocycles. The summed E-state index contributed by atoms with van der Waals surface area (Å²) in [5.74, 6) is 1.64. The molecule has 30 heavy (non-hydrogen) atoms. The van der Waals surface area contributed by atoms with E-state index in [-0.39, 0.29) is 12.1 Å². The first-order chi connectivity index (χ1) is 14.7. The number of benzene rings is 2. The number of aromatic nitrogens is 2. The molecule has 3 heterocycles. The molecule has 0 N–H and O–H groups in total. The summed E-state index contributed by atoms with van der Waals surface area (Å²) < 4.78 is 0. The Morgan fingerprint density at radius 3 is 2.63 bits per heavy atom. The van der Waals surface area contributed by atoms with E-state index >= 15 is 0 Å². The third-order valence-electron chi connectivity index (χ3n) is 6.14. The molecule has 0 amide bonds. The highest BCUT2D eigenvalue weighted by atomic mass is 15.5. The summed E-state index contributed by atoms with van der Waals surface area (Å²) in [4.78, 5) is 20.4. The van der Waals surface area contributed by atoms with Gasteiger partial charge in [0.1, 0.15) is 5.82 Å². The van der Waals surface area contributed by atoms with Crippen LogP contribution < -0.4 is 9.80 Å². The van der Waals surface area contributed by atoms with Crippen molar-refractivity contribution in [1.29, 1.82) is 5.26 Å². The minimum atomic E-state index is 0.175. The molecule has 2 aliphatic heterocycles.